The van der Waals surface area contributed by atoms with E-state index >= 15 is 0 Å². The van der Waals surface area contributed by atoms with Crippen molar-refractivity contribution < 1.29 is 22.9 Å². The summed E-state index contributed by atoms with van der Waals surface area (Å²) in [5.41, 5.74) is 0. The lowest BCUT2D eigenvalue weighted by Gasteiger charge is -2.21. The molecule has 0 aliphatic heterocycles. The number of allylic oxidation sites excluding steroid dienone is 5. The number of unbranched alkanes of at least 4 members (excludes halogenated alkanes) is 23. The quantitative estimate of drug-likeness (QED) is 0.0351. The van der Waals surface area contributed by atoms with E-state index in [1.165, 1.54) is 109 Å². The van der Waals surface area contributed by atoms with Gasteiger partial charge < -0.3 is 10.4 Å². The van der Waals surface area contributed by atoms with Crippen LogP contribution in [0.3, 0.4) is 0 Å². The Labute approximate surface area is 291 Å². The summed E-state index contributed by atoms with van der Waals surface area (Å²) in [6, 6.07) is -1.06. The average Bonchev–Trinajstić information content (AvgIpc) is 3.03. The number of carbonyl (C=O) groups excluding carboxylic acids is 1. The third-order valence-corrected chi connectivity index (χ3v) is 9.59. The molecular formula is C40H75NO5S. The van der Waals surface area contributed by atoms with E-state index in [0.29, 0.717) is 6.42 Å². The van der Waals surface area contributed by atoms with Crippen LogP contribution >= 0.6 is 0 Å². The van der Waals surface area contributed by atoms with Gasteiger partial charge in [0.2, 0.25) is 5.91 Å². The van der Waals surface area contributed by atoms with Crippen molar-refractivity contribution in [3.05, 3.63) is 36.5 Å². The number of hydrogen-bond donors (Lipinski definition) is 3. The Morgan fingerprint density at radius 1 is 0.574 bits per heavy atom. The van der Waals surface area contributed by atoms with Crippen molar-refractivity contribution in [1.82, 2.24) is 5.32 Å². The molecule has 0 aromatic heterocycles. The highest BCUT2D eigenvalue weighted by atomic mass is 32.2. The Balaban J connectivity index is 3.96. The molecule has 0 heterocycles. The van der Waals surface area contributed by atoms with Gasteiger partial charge in [-0.05, 0) is 44.9 Å². The summed E-state index contributed by atoms with van der Waals surface area (Å²) in [5, 5.41) is 13.2. The first-order valence-corrected chi connectivity index (χ1v) is 21.3. The van der Waals surface area contributed by atoms with E-state index in [1.54, 1.807) is 6.08 Å². The molecule has 1 amide bonds. The summed E-state index contributed by atoms with van der Waals surface area (Å²) < 4.78 is 32.4. The SMILES string of the molecule is CCCC/C=C\C/C=C\CCCCCCCC(=O)NC(CS(=O)(=O)O)C(O)/C=C/CCCCCCCCCCCCCCCCCC. The van der Waals surface area contributed by atoms with Gasteiger partial charge >= 0.3 is 0 Å². The first-order valence-electron chi connectivity index (χ1n) is 19.7. The summed E-state index contributed by atoms with van der Waals surface area (Å²) >= 11 is 0. The van der Waals surface area contributed by atoms with E-state index in [2.05, 4.69) is 43.5 Å². The highest BCUT2D eigenvalue weighted by Gasteiger charge is 2.24. The second kappa shape index (κ2) is 34.4. The third kappa shape index (κ3) is 35.7. The number of aliphatic hydroxyl groups excluding tert-OH is 1. The molecule has 0 aromatic rings. The van der Waals surface area contributed by atoms with Gasteiger partial charge in [0.1, 0.15) is 0 Å². The average molecular weight is 682 g/mol. The highest BCUT2D eigenvalue weighted by molar-refractivity contribution is 7.85. The van der Waals surface area contributed by atoms with Crippen molar-refractivity contribution >= 4 is 16.0 Å². The Morgan fingerprint density at radius 3 is 1.45 bits per heavy atom. The molecule has 2 unspecified atom stereocenters. The summed E-state index contributed by atoms with van der Waals surface area (Å²) in [5.74, 6) is -0.996. The molecule has 0 aliphatic rings. The van der Waals surface area contributed by atoms with Crippen LogP contribution in [0.15, 0.2) is 36.5 Å². The van der Waals surface area contributed by atoms with Crippen LogP contribution in [0.4, 0.5) is 0 Å². The van der Waals surface area contributed by atoms with E-state index < -0.39 is 28.0 Å². The molecule has 3 N–H and O–H groups in total. The zero-order valence-corrected chi connectivity index (χ0v) is 31.5. The number of hydrogen-bond acceptors (Lipinski definition) is 4. The molecular weight excluding hydrogens is 607 g/mol. The molecule has 47 heavy (non-hydrogen) atoms. The summed E-state index contributed by atoms with van der Waals surface area (Å²) in [4.78, 5) is 12.5. The zero-order valence-electron chi connectivity index (χ0n) is 30.7. The van der Waals surface area contributed by atoms with Crippen molar-refractivity contribution in [2.24, 2.45) is 0 Å². The molecule has 0 radical (unpaired) electrons. The molecule has 0 saturated carbocycles. The molecule has 0 fully saturated rings. The molecule has 6 nitrogen and oxygen atoms in total. The fourth-order valence-corrected chi connectivity index (χ4v) is 6.55. The van der Waals surface area contributed by atoms with Crippen LogP contribution in [-0.2, 0) is 14.9 Å². The molecule has 276 valence electrons. The van der Waals surface area contributed by atoms with Crippen molar-refractivity contribution in [2.75, 3.05) is 5.75 Å². The second-order valence-corrected chi connectivity index (χ2v) is 15.1. The maximum atomic E-state index is 12.5. The standard InChI is InChI=1S/C40H75NO5S/c1-3-5-7-9-11-13-15-17-19-20-21-22-23-25-27-29-31-33-35-39(42)38(37-47(44,45)46)41-40(43)36-34-32-30-28-26-24-18-16-14-12-10-8-6-4-2/h10,12,16,18,33,35,38-39,42H,3-9,11,13-15,17,19-32,34,36-37H2,1-2H3,(H,41,43)(H,44,45,46)/b12-10-,18-16-,35-33+. The van der Waals surface area contributed by atoms with Gasteiger partial charge in [0.15, 0.2) is 0 Å². The molecule has 7 heteroatoms. The van der Waals surface area contributed by atoms with E-state index in [9.17, 15) is 22.9 Å². The fraction of sp³-hybridized carbons (Fsp3) is 0.825. The minimum atomic E-state index is -4.34. The Morgan fingerprint density at radius 2 is 0.979 bits per heavy atom. The van der Waals surface area contributed by atoms with Crippen molar-refractivity contribution in [3.8, 4) is 0 Å². The van der Waals surface area contributed by atoms with Gasteiger partial charge in [-0.15, -0.1) is 0 Å². The van der Waals surface area contributed by atoms with Gasteiger partial charge in [-0.25, -0.2) is 0 Å². The molecule has 0 bridgehead atoms. The van der Waals surface area contributed by atoms with E-state index in [-0.39, 0.29) is 12.3 Å². The summed E-state index contributed by atoms with van der Waals surface area (Å²) in [7, 11) is -4.34. The molecule has 0 spiro atoms. The highest BCUT2D eigenvalue weighted by Crippen LogP contribution is 2.15. The van der Waals surface area contributed by atoms with Gasteiger partial charge in [0.05, 0.1) is 17.9 Å². The fourth-order valence-electron chi connectivity index (χ4n) is 5.82. The van der Waals surface area contributed by atoms with Gasteiger partial charge in [0, 0.05) is 6.42 Å². The first-order chi connectivity index (χ1) is 22.8. The molecule has 0 aliphatic carbocycles. The largest absolute Gasteiger partial charge is 0.387 e. The van der Waals surface area contributed by atoms with Crippen molar-refractivity contribution in [1.29, 1.82) is 0 Å². The topological polar surface area (TPSA) is 104 Å². The predicted octanol–water partition coefficient (Wildman–Crippen LogP) is 11.4. The van der Waals surface area contributed by atoms with Gasteiger partial charge in [0.25, 0.3) is 10.1 Å². The van der Waals surface area contributed by atoms with E-state index in [0.717, 1.165) is 57.8 Å². The number of amides is 1. The van der Waals surface area contributed by atoms with Crippen LogP contribution in [0.2, 0.25) is 0 Å². The Hall–Kier alpha value is -1.44. The van der Waals surface area contributed by atoms with E-state index in [1.807, 2.05) is 6.08 Å². The molecule has 0 saturated heterocycles. The zero-order chi connectivity index (χ0) is 34.7. The lowest BCUT2D eigenvalue weighted by atomic mass is 10.0. The van der Waals surface area contributed by atoms with Crippen LogP contribution in [0, 0.1) is 0 Å². The van der Waals surface area contributed by atoms with Gasteiger partial charge in [-0.2, -0.15) is 8.42 Å². The minimum Gasteiger partial charge on any atom is -0.387 e. The number of carbonyl (C=O) groups is 1. The predicted molar refractivity (Wildman–Crippen MR) is 202 cm³/mol. The van der Waals surface area contributed by atoms with Gasteiger partial charge in [-0.1, -0.05) is 179 Å². The van der Waals surface area contributed by atoms with Crippen molar-refractivity contribution in [3.63, 3.8) is 0 Å². The van der Waals surface area contributed by atoms with Crippen LogP contribution in [-0.4, -0.2) is 41.9 Å². The maximum absolute atomic E-state index is 12.5. The van der Waals surface area contributed by atoms with Crippen molar-refractivity contribution in [2.45, 2.75) is 206 Å². The summed E-state index contributed by atoms with van der Waals surface area (Å²) in [6.07, 6.45) is 44.1. The van der Waals surface area contributed by atoms with Crippen LogP contribution in [0.1, 0.15) is 194 Å². The molecule has 0 rings (SSSR count). The molecule has 0 aromatic carbocycles. The van der Waals surface area contributed by atoms with E-state index in [4.69, 9.17) is 0 Å². The minimum absolute atomic E-state index is 0.280. The Kier molecular flexibility index (Phi) is 33.4. The second-order valence-electron chi connectivity index (χ2n) is 13.6. The number of nitrogens with one attached hydrogen (secondary N) is 1. The first kappa shape index (κ1) is 45.6. The number of aliphatic hydroxyl groups is 1. The monoisotopic (exact) mass is 682 g/mol. The lowest BCUT2D eigenvalue weighted by molar-refractivity contribution is -0.122. The van der Waals surface area contributed by atoms with Crippen LogP contribution in [0.25, 0.3) is 0 Å². The number of rotatable bonds is 35. The molecule has 2 atom stereocenters. The van der Waals surface area contributed by atoms with Crippen LogP contribution < -0.4 is 5.32 Å². The normalized spacial score (nSPS) is 13.7. The lowest BCUT2D eigenvalue weighted by Crippen LogP contribution is -2.46. The van der Waals surface area contributed by atoms with Crippen LogP contribution in [0.5, 0.6) is 0 Å². The summed E-state index contributed by atoms with van der Waals surface area (Å²) in [6.45, 7) is 4.48. The van der Waals surface area contributed by atoms with Gasteiger partial charge in [-0.3, -0.25) is 9.35 Å². The smallest absolute Gasteiger partial charge is 0.267 e. The Bertz CT molecular complexity index is 883. The third-order valence-electron chi connectivity index (χ3n) is 8.81. The maximum Gasteiger partial charge on any atom is 0.267 e.